The maximum absolute atomic E-state index is 11.9. The molecular formula is C13H18N2O4. The Kier molecular flexibility index (Phi) is 2.53. The lowest BCUT2D eigenvalue weighted by atomic mass is 9.74. The van der Waals surface area contributed by atoms with Crippen LogP contribution in [0.4, 0.5) is 0 Å². The molecule has 2 fully saturated rings. The fourth-order valence-corrected chi connectivity index (χ4v) is 3.27. The molecule has 19 heavy (non-hydrogen) atoms. The van der Waals surface area contributed by atoms with Crippen LogP contribution in [0.25, 0.3) is 0 Å². The van der Waals surface area contributed by atoms with Crippen LogP contribution in [0.3, 0.4) is 0 Å². The molecule has 2 aliphatic heterocycles. The topological polar surface area (TPSA) is 73.3 Å². The van der Waals surface area contributed by atoms with Crippen LogP contribution in [-0.2, 0) is 9.47 Å². The van der Waals surface area contributed by atoms with Gasteiger partial charge in [-0.1, -0.05) is 20.8 Å². The van der Waals surface area contributed by atoms with E-state index < -0.39 is 17.5 Å². The van der Waals surface area contributed by atoms with Crippen molar-refractivity contribution < 1.29 is 9.47 Å². The predicted molar refractivity (Wildman–Crippen MR) is 68.0 cm³/mol. The Morgan fingerprint density at radius 1 is 1.47 bits per heavy atom. The molecule has 0 saturated carbocycles. The number of rotatable bonds is 2. The molecule has 1 aromatic rings. The van der Waals surface area contributed by atoms with Crippen molar-refractivity contribution in [3.8, 4) is 0 Å². The molecule has 1 aromatic heterocycles. The summed E-state index contributed by atoms with van der Waals surface area (Å²) in [5.74, 6) is 0. The van der Waals surface area contributed by atoms with Crippen LogP contribution in [0.1, 0.15) is 33.4 Å². The number of hydrogen-bond acceptors (Lipinski definition) is 4. The first-order valence-electron chi connectivity index (χ1n) is 6.52. The van der Waals surface area contributed by atoms with Gasteiger partial charge in [-0.25, -0.2) is 4.79 Å². The minimum Gasteiger partial charge on any atom is -0.370 e. The van der Waals surface area contributed by atoms with E-state index in [1.165, 1.54) is 16.8 Å². The van der Waals surface area contributed by atoms with Crippen LogP contribution < -0.4 is 11.2 Å². The van der Waals surface area contributed by atoms with Crippen LogP contribution in [0, 0.1) is 5.41 Å². The molecule has 2 aliphatic rings. The summed E-state index contributed by atoms with van der Waals surface area (Å²) in [6.45, 7) is 6.82. The zero-order valence-corrected chi connectivity index (χ0v) is 11.3. The van der Waals surface area contributed by atoms with Crippen molar-refractivity contribution in [2.24, 2.45) is 5.41 Å². The quantitative estimate of drug-likeness (QED) is 0.852. The van der Waals surface area contributed by atoms with E-state index in [1.54, 1.807) is 0 Å². The third kappa shape index (κ3) is 1.50. The molecule has 0 aromatic carbocycles. The van der Waals surface area contributed by atoms with Gasteiger partial charge in [-0.3, -0.25) is 14.3 Å². The van der Waals surface area contributed by atoms with Crippen LogP contribution in [0.5, 0.6) is 0 Å². The van der Waals surface area contributed by atoms with E-state index in [9.17, 15) is 9.59 Å². The van der Waals surface area contributed by atoms with Gasteiger partial charge in [0.25, 0.3) is 5.56 Å². The van der Waals surface area contributed by atoms with Crippen molar-refractivity contribution in [3.63, 3.8) is 0 Å². The van der Waals surface area contributed by atoms with Gasteiger partial charge in [-0.15, -0.1) is 0 Å². The zero-order chi connectivity index (χ0) is 13.8. The molecular weight excluding hydrogens is 248 g/mol. The SMILES string of the molecule is CC[C@]12CO[C@H]([C@H](n3ccc(=O)[nH]c3=O)O1)C2(C)C. The maximum atomic E-state index is 11.9. The largest absolute Gasteiger partial charge is 0.370 e. The number of ether oxygens (including phenoxy) is 2. The first-order chi connectivity index (χ1) is 8.91. The highest BCUT2D eigenvalue weighted by molar-refractivity contribution is 5.11. The number of H-pyrrole nitrogens is 1. The van der Waals surface area contributed by atoms with E-state index in [4.69, 9.17) is 9.47 Å². The summed E-state index contributed by atoms with van der Waals surface area (Å²) in [5.41, 5.74) is -1.40. The highest BCUT2D eigenvalue weighted by atomic mass is 16.6. The van der Waals surface area contributed by atoms with E-state index >= 15 is 0 Å². The predicted octanol–water partition coefficient (Wildman–Crippen LogP) is 0.639. The van der Waals surface area contributed by atoms with Crippen molar-refractivity contribution in [1.29, 1.82) is 0 Å². The summed E-state index contributed by atoms with van der Waals surface area (Å²) in [4.78, 5) is 25.3. The molecule has 0 unspecified atom stereocenters. The van der Waals surface area contributed by atoms with Gasteiger partial charge in [0.1, 0.15) is 11.7 Å². The van der Waals surface area contributed by atoms with Gasteiger partial charge in [0.05, 0.1) is 6.61 Å². The second-order valence-corrected chi connectivity index (χ2v) is 5.83. The van der Waals surface area contributed by atoms with Crippen LogP contribution >= 0.6 is 0 Å². The van der Waals surface area contributed by atoms with Gasteiger partial charge in [0.2, 0.25) is 0 Å². The van der Waals surface area contributed by atoms with Gasteiger partial charge in [0, 0.05) is 17.7 Å². The van der Waals surface area contributed by atoms with Crippen LogP contribution in [0.15, 0.2) is 21.9 Å². The average Bonchev–Trinajstić information content (AvgIpc) is 2.73. The summed E-state index contributed by atoms with van der Waals surface area (Å²) >= 11 is 0. The summed E-state index contributed by atoms with van der Waals surface area (Å²) in [6, 6.07) is 1.32. The van der Waals surface area contributed by atoms with Crippen molar-refractivity contribution in [3.05, 3.63) is 33.1 Å². The Bertz CT molecular complexity index is 618. The normalized spacial score (nSPS) is 35.7. The molecule has 6 heteroatoms. The molecule has 1 N–H and O–H groups in total. The molecule has 0 spiro atoms. The van der Waals surface area contributed by atoms with Crippen molar-refractivity contribution in [2.45, 2.75) is 45.1 Å². The molecule has 6 nitrogen and oxygen atoms in total. The fourth-order valence-electron chi connectivity index (χ4n) is 3.27. The lowest BCUT2D eigenvalue weighted by Gasteiger charge is -2.33. The number of hydrogen-bond donors (Lipinski definition) is 1. The van der Waals surface area contributed by atoms with E-state index in [0.717, 1.165) is 6.42 Å². The Balaban J connectivity index is 2.06. The molecule has 2 bridgehead atoms. The van der Waals surface area contributed by atoms with E-state index in [-0.39, 0.29) is 17.1 Å². The summed E-state index contributed by atoms with van der Waals surface area (Å²) in [7, 11) is 0. The Labute approximate surface area is 110 Å². The standard InChI is InChI=1S/C13H18N2O4/c1-4-13-7-18-9(12(13,2)3)10(19-13)15-6-5-8(16)14-11(15)17/h5-6,9-10H,4,7H2,1-3H3,(H,14,16,17)/t9-,10-,13-/m1/s1. The second-order valence-electron chi connectivity index (χ2n) is 5.83. The van der Waals surface area contributed by atoms with Gasteiger partial charge in [-0.05, 0) is 6.42 Å². The molecule has 3 rings (SSSR count). The first kappa shape index (κ1) is 12.6. The number of fused-ring (bicyclic) bond motifs is 2. The molecule has 0 radical (unpaired) electrons. The molecule has 0 aliphatic carbocycles. The number of aromatic amines is 1. The Morgan fingerprint density at radius 2 is 2.21 bits per heavy atom. The molecule has 2 saturated heterocycles. The third-order valence-electron chi connectivity index (χ3n) is 4.68. The smallest absolute Gasteiger partial charge is 0.330 e. The van der Waals surface area contributed by atoms with Gasteiger partial charge in [-0.2, -0.15) is 0 Å². The molecule has 0 amide bonds. The third-order valence-corrected chi connectivity index (χ3v) is 4.68. The maximum Gasteiger partial charge on any atom is 0.330 e. The number of nitrogens with zero attached hydrogens (tertiary/aromatic N) is 1. The fraction of sp³-hybridized carbons (Fsp3) is 0.692. The average molecular weight is 266 g/mol. The van der Waals surface area contributed by atoms with E-state index in [0.29, 0.717) is 6.61 Å². The van der Waals surface area contributed by atoms with Crippen LogP contribution in [-0.4, -0.2) is 27.9 Å². The summed E-state index contributed by atoms with van der Waals surface area (Å²) in [5, 5.41) is 0. The number of nitrogens with one attached hydrogen (secondary N) is 1. The zero-order valence-electron chi connectivity index (χ0n) is 11.3. The highest BCUT2D eigenvalue weighted by Crippen LogP contribution is 2.57. The molecule has 3 heterocycles. The van der Waals surface area contributed by atoms with E-state index in [1.807, 2.05) is 0 Å². The number of aromatic nitrogens is 2. The minimum absolute atomic E-state index is 0.165. The summed E-state index contributed by atoms with van der Waals surface area (Å²) < 4.78 is 13.4. The summed E-state index contributed by atoms with van der Waals surface area (Å²) in [6.07, 6.45) is 1.63. The minimum atomic E-state index is -0.479. The van der Waals surface area contributed by atoms with Crippen LogP contribution in [0.2, 0.25) is 0 Å². The van der Waals surface area contributed by atoms with Crippen molar-refractivity contribution >= 4 is 0 Å². The monoisotopic (exact) mass is 266 g/mol. The van der Waals surface area contributed by atoms with E-state index in [2.05, 4.69) is 25.8 Å². The van der Waals surface area contributed by atoms with Gasteiger partial charge < -0.3 is 9.47 Å². The molecule has 104 valence electrons. The second kappa shape index (κ2) is 3.80. The first-order valence-corrected chi connectivity index (χ1v) is 6.52. The Morgan fingerprint density at radius 3 is 2.79 bits per heavy atom. The lowest BCUT2D eigenvalue weighted by molar-refractivity contribution is -0.175. The van der Waals surface area contributed by atoms with Gasteiger partial charge in [0.15, 0.2) is 6.23 Å². The highest BCUT2D eigenvalue weighted by Gasteiger charge is 2.66. The van der Waals surface area contributed by atoms with Crippen molar-refractivity contribution in [1.82, 2.24) is 9.55 Å². The van der Waals surface area contributed by atoms with Crippen molar-refractivity contribution in [2.75, 3.05) is 6.61 Å². The Hall–Kier alpha value is -1.40. The molecule has 3 atom stereocenters. The van der Waals surface area contributed by atoms with Gasteiger partial charge >= 0.3 is 5.69 Å². The lowest BCUT2D eigenvalue weighted by Crippen LogP contribution is -2.42.